The van der Waals surface area contributed by atoms with E-state index in [9.17, 15) is 0 Å². The molecule has 0 atom stereocenters. The van der Waals surface area contributed by atoms with Gasteiger partial charge in [0, 0.05) is 0 Å². The first-order chi connectivity index (χ1) is 4.35. The molecule has 0 rings (SSSR count). The first-order valence-electron chi connectivity index (χ1n) is 2.96. The molecular formula is C8H13N. The number of nitrogens with two attached hydrogens (primary N) is 1. The maximum atomic E-state index is 5.29. The Morgan fingerprint density at radius 2 is 1.67 bits per heavy atom. The van der Waals surface area contributed by atoms with E-state index in [0.29, 0.717) is 0 Å². The van der Waals surface area contributed by atoms with Crippen LogP contribution in [0.25, 0.3) is 0 Å². The molecule has 0 aliphatic carbocycles. The summed E-state index contributed by atoms with van der Waals surface area (Å²) in [5, 5.41) is 0. The Morgan fingerprint density at radius 1 is 1.22 bits per heavy atom. The van der Waals surface area contributed by atoms with Crippen LogP contribution in [0.15, 0.2) is 37.1 Å². The fourth-order valence-corrected chi connectivity index (χ4v) is 0.590. The normalized spacial score (nSPS) is 8.00. The minimum absolute atomic E-state index is 0.864. The third kappa shape index (κ3) is 3.59. The number of hydrogen-bond acceptors (Lipinski definition) is 1. The van der Waals surface area contributed by atoms with E-state index < -0.39 is 0 Å². The Hall–Kier alpha value is -0.980. The van der Waals surface area contributed by atoms with Gasteiger partial charge in [-0.05, 0) is 24.6 Å². The van der Waals surface area contributed by atoms with Crippen molar-refractivity contribution in [2.24, 2.45) is 5.73 Å². The van der Waals surface area contributed by atoms with Gasteiger partial charge in [0.2, 0.25) is 0 Å². The average Bonchev–Trinajstić information content (AvgIpc) is 1.88. The molecule has 1 heteroatoms. The molecule has 0 radical (unpaired) electrons. The van der Waals surface area contributed by atoms with Gasteiger partial charge in [0.05, 0.1) is 0 Å². The summed E-state index contributed by atoms with van der Waals surface area (Å²) in [4.78, 5) is 0. The lowest BCUT2D eigenvalue weighted by Crippen LogP contribution is -1.85. The number of rotatable bonds is 4. The van der Waals surface area contributed by atoms with Crippen LogP contribution in [0.5, 0.6) is 0 Å². The molecule has 0 aliphatic rings. The zero-order valence-corrected chi connectivity index (χ0v) is 5.64. The van der Waals surface area contributed by atoms with E-state index in [4.69, 9.17) is 5.73 Å². The fraction of sp³-hybridized carbons (Fsp3) is 0.250. The molecule has 0 saturated heterocycles. The molecule has 9 heavy (non-hydrogen) atoms. The van der Waals surface area contributed by atoms with Crippen LogP contribution in [0.1, 0.15) is 12.8 Å². The smallest absolute Gasteiger partial charge is 0.00642 e. The molecule has 0 unspecified atom stereocenters. The van der Waals surface area contributed by atoms with Gasteiger partial charge in [-0.15, -0.1) is 13.2 Å². The summed E-state index contributed by atoms with van der Waals surface area (Å²) in [5.41, 5.74) is 6.45. The molecule has 0 amide bonds. The van der Waals surface area contributed by atoms with E-state index in [2.05, 4.69) is 13.2 Å². The molecule has 2 N–H and O–H groups in total. The van der Waals surface area contributed by atoms with Crippen molar-refractivity contribution >= 4 is 0 Å². The van der Waals surface area contributed by atoms with Crippen molar-refractivity contribution in [3.63, 3.8) is 0 Å². The molecule has 0 aromatic carbocycles. The van der Waals surface area contributed by atoms with Gasteiger partial charge in [0.25, 0.3) is 0 Å². The molecular weight excluding hydrogens is 110 g/mol. The van der Waals surface area contributed by atoms with Crippen molar-refractivity contribution in [3.05, 3.63) is 37.1 Å². The summed E-state index contributed by atoms with van der Waals surface area (Å²) in [6.07, 6.45) is 7.01. The summed E-state index contributed by atoms with van der Waals surface area (Å²) in [6.45, 7) is 7.20. The second-order valence-corrected chi connectivity index (χ2v) is 1.81. The van der Waals surface area contributed by atoms with Gasteiger partial charge in [-0.1, -0.05) is 12.2 Å². The monoisotopic (exact) mass is 123 g/mol. The van der Waals surface area contributed by atoms with Crippen molar-refractivity contribution in [2.45, 2.75) is 12.8 Å². The molecule has 0 aliphatic heterocycles. The molecule has 0 aromatic heterocycles. The van der Waals surface area contributed by atoms with Gasteiger partial charge < -0.3 is 5.73 Å². The van der Waals surface area contributed by atoms with E-state index in [1.807, 2.05) is 12.2 Å². The SMILES string of the molecule is C=CCC(=CN)CC=C. The van der Waals surface area contributed by atoms with Crippen LogP contribution in [0.3, 0.4) is 0 Å². The van der Waals surface area contributed by atoms with Gasteiger partial charge in [-0.3, -0.25) is 0 Å². The molecule has 50 valence electrons. The second kappa shape index (κ2) is 5.16. The lowest BCUT2D eigenvalue weighted by atomic mass is 10.1. The zero-order valence-electron chi connectivity index (χ0n) is 5.64. The van der Waals surface area contributed by atoms with Crippen molar-refractivity contribution in [2.75, 3.05) is 0 Å². The van der Waals surface area contributed by atoms with Crippen LogP contribution in [0, 0.1) is 0 Å². The Labute approximate surface area is 56.6 Å². The van der Waals surface area contributed by atoms with Gasteiger partial charge in [-0.25, -0.2) is 0 Å². The lowest BCUT2D eigenvalue weighted by molar-refractivity contribution is 1.10. The Balaban J connectivity index is 3.68. The molecule has 0 spiro atoms. The van der Waals surface area contributed by atoms with Crippen LogP contribution in [0.2, 0.25) is 0 Å². The quantitative estimate of drug-likeness (QED) is 0.568. The predicted octanol–water partition coefficient (Wildman–Crippen LogP) is 1.98. The third-order valence-electron chi connectivity index (χ3n) is 1.05. The zero-order chi connectivity index (χ0) is 7.11. The van der Waals surface area contributed by atoms with E-state index in [1.54, 1.807) is 6.20 Å². The highest BCUT2D eigenvalue weighted by atomic mass is 14.5. The molecule has 0 aromatic rings. The van der Waals surface area contributed by atoms with Crippen LogP contribution < -0.4 is 5.73 Å². The highest BCUT2D eigenvalue weighted by Crippen LogP contribution is 2.04. The number of allylic oxidation sites excluding steroid dienone is 3. The van der Waals surface area contributed by atoms with Gasteiger partial charge in [-0.2, -0.15) is 0 Å². The highest BCUT2D eigenvalue weighted by Gasteiger charge is 1.87. The average molecular weight is 123 g/mol. The van der Waals surface area contributed by atoms with E-state index in [1.165, 1.54) is 5.57 Å². The predicted molar refractivity (Wildman–Crippen MR) is 41.9 cm³/mol. The first-order valence-corrected chi connectivity index (χ1v) is 2.96. The number of hydrogen-bond donors (Lipinski definition) is 1. The Kier molecular flexibility index (Phi) is 4.60. The summed E-state index contributed by atoms with van der Waals surface area (Å²) in [7, 11) is 0. The van der Waals surface area contributed by atoms with Gasteiger partial charge in [0.1, 0.15) is 0 Å². The maximum Gasteiger partial charge on any atom is -0.00642 e. The van der Waals surface area contributed by atoms with Crippen molar-refractivity contribution in [1.29, 1.82) is 0 Å². The van der Waals surface area contributed by atoms with E-state index >= 15 is 0 Å². The summed E-state index contributed by atoms with van der Waals surface area (Å²) in [6, 6.07) is 0. The summed E-state index contributed by atoms with van der Waals surface area (Å²) < 4.78 is 0. The molecule has 0 bridgehead atoms. The summed E-state index contributed by atoms with van der Waals surface area (Å²) >= 11 is 0. The Bertz CT molecular complexity index is 111. The highest BCUT2D eigenvalue weighted by molar-refractivity contribution is 5.07. The molecule has 1 nitrogen and oxygen atoms in total. The minimum atomic E-state index is 0.864. The Morgan fingerprint density at radius 3 is 1.89 bits per heavy atom. The van der Waals surface area contributed by atoms with Crippen molar-refractivity contribution < 1.29 is 0 Å². The van der Waals surface area contributed by atoms with Crippen LogP contribution in [0.4, 0.5) is 0 Å². The largest absolute Gasteiger partial charge is 0.405 e. The first kappa shape index (κ1) is 8.02. The standard InChI is InChI=1S/C8H13N/c1-3-5-8(7-9)6-4-2/h3-4,7H,1-2,5-6,9H2. The lowest BCUT2D eigenvalue weighted by Gasteiger charge is -1.95. The van der Waals surface area contributed by atoms with Crippen molar-refractivity contribution in [3.8, 4) is 0 Å². The summed E-state index contributed by atoms with van der Waals surface area (Å²) in [5.74, 6) is 0. The van der Waals surface area contributed by atoms with Gasteiger partial charge >= 0.3 is 0 Å². The van der Waals surface area contributed by atoms with Crippen LogP contribution >= 0.6 is 0 Å². The van der Waals surface area contributed by atoms with Crippen molar-refractivity contribution in [1.82, 2.24) is 0 Å². The van der Waals surface area contributed by atoms with Gasteiger partial charge in [0.15, 0.2) is 0 Å². The van der Waals surface area contributed by atoms with Crippen LogP contribution in [-0.2, 0) is 0 Å². The maximum absolute atomic E-state index is 5.29. The van der Waals surface area contributed by atoms with Crippen LogP contribution in [-0.4, -0.2) is 0 Å². The third-order valence-corrected chi connectivity index (χ3v) is 1.05. The van der Waals surface area contributed by atoms with E-state index in [-0.39, 0.29) is 0 Å². The minimum Gasteiger partial charge on any atom is -0.405 e. The topological polar surface area (TPSA) is 26.0 Å². The molecule has 0 saturated carbocycles. The fourth-order valence-electron chi connectivity index (χ4n) is 0.590. The molecule has 0 fully saturated rings. The molecule has 0 heterocycles. The second-order valence-electron chi connectivity index (χ2n) is 1.81. The van der Waals surface area contributed by atoms with E-state index in [0.717, 1.165) is 12.8 Å².